The van der Waals surface area contributed by atoms with Crippen LogP contribution in [-0.4, -0.2) is 5.91 Å². The van der Waals surface area contributed by atoms with Crippen molar-refractivity contribution in [3.05, 3.63) is 12.2 Å². The van der Waals surface area contributed by atoms with Gasteiger partial charge in [0.15, 0.2) is 0 Å². The van der Waals surface area contributed by atoms with Crippen LogP contribution in [0.25, 0.3) is 0 Å². The molecule has 2 N–H and O–H groups in total. The van der Waals surface area contributed by atoms with Crippen molar-refractivity contribution in [1.82, 2.24) is 0 Å². The summed E-state index contributed by atoms with van der Waals surface area (Å²) in [6.45, 7) is 6.07. The molecule has 0 fully saturated rings. The molecule has 0 radical (unpaired) electrons. The number of rotatable bonds is 6. The molecule has 0 aliphatic carbocycles. The van der Waals surface area contributed by atoms with Crippen molar-refractivity contribution in [3.63, 3.8) is 0 Å². The third-order valence-electron chi connectivity index (χ3n) is 2.40. The molecule has 0 rings (SSSR count). The van der Waals surface area contributed by atoms with E-state index in [4.69, 9.17) is 5.73 Å². The minimum Gasteiger partial charge on any atom is -0.369 e. The number of unbranched alkanes of at least 4 members (excludes halogenated alkanes) is 2. The van der Waals surface area contributed by atoms with Crippen LogP contribution in [0.2, 0.25) is 0 Å². The summed E-state index contributed by atoms with van der Waals surface area (Å²) < 4.78 is 0. The van der Waals surface area contributed by atoms with Gasteiger partial charge in [0, 0.05) is 5.92 Å². The fourth-order valence-electron chi connectivity index (χ4n) is 1.06. The van der Waals surface area contributed by atoms with Crippen molar-refractivity contribution in [2.24, 2.45) is 17.6 Å². The zero-order chi connectivity index (χ0) is 10.3. The van der Waals surface area contributed by atoms with E-state index in [-0.39, 0.29) is 17.7 Å². The summed E-state index contributed by atoms with van der Waals surface area (Å²) in [6.07, 6.45) is 7.77. The summed E-state index contributed by atoms with van der Waals surface area (Å²) in [5.41, 5.74) is 5.19. The van der Waals surface area contributed by atoms with Crippen molar-refractivity contribution >= 4 is 5.91 Å². The molecular weight excluding hydrogens is 162 g/mol. The number of carbonyl (C=O) groups excluding carboxylic acids is 1. The van der Waals surface area contributed by atoms with E-state index in [0.717, 1.165) is 6.42 Å². The highest BCUT2D eigenvalue weighted by Gasteiger charge is 2.13. The van der Waals surface area contributed by atoms with Crippen molar-refractivity contribution in [2.75, 3.05) is 0 Å². The Morgan fingerprint density at radius 2 is 2.08 bits per heavy atom. The summed E-state index contributed by atoms with van der Waals surface area (Å²) in [5.74, 6) is -0.0140. The standard InChI is InChI=1S/C11H21NO/c1-4-5-6-7-8-9(2)10(3)11(12)13/h7-10H,4-6H2,1-3H3,(H2,12,13). The van der Waals surface area contributed by atoms with Gasteiger partial charge in [0.2, 0.25) is 5.91 Å². The molecule has 0 aliphatic heterocycles. The Balaban J connectivity index is 3.77. The Hall–Kier alpha value is -0.790. The number of hydrogen-bond donors (Lipinski definition) is 1. The Morgan fingerprint density at radius 1 is 1.46 bits per heavy atom. The average Bonchev–Trinajstić information content (AvgIpc) is 2.10. The first-order valence-corrected chi connectivity index (χ1v) is 5.05. The maximum Gasteiger partial charge on any atom is 0.220 e. The SMILES string of the molecule is CCCCC=CC(C)C(C)C(N)=O. The van der Waals surface area contributed by atoms with Crippen LogP contribution in [0.3, 0.4) is 0 Å². The molecule has 1 amide bonds. The fourth-order valence-corrected chi connectivity index (χ4v) is 1.06. The van der Waals surface area contributed by atoms with Crippen LogP contribution in [-0.2, 0) is 4.79 Å². The van der Waals surface area contributed by atoms with E-state index in [2.05, 4.69) is 19.1 Å². The van der Waals surface area contributed by atoms with Crippen molar-refractivity contribution in [2.45, 2.75) is 40.0 Å². The summed E-state index contributed by atoms with van der Waals surface area (Å²) in [5, 5.41) is 0. The first-order chi connectivity index (χ1) is 6.09. The van der Waals surface area contributed by atoms with Gasteiger partial charge in [-0.25, -0.2) is 0 Å². The van der Waals surface area contributed by atoms with Crippen LogP contribution in [0, 0.1) is 11.8 Å². The van der Waals surface area contributed by atoms with Gasteiger partial charge in [0.25, 0.3) is 0 Å². The number of hydrogen-bond acceptors (Lipinski definition) is 1. The molecule has 0 saturated heterocycles. The quantitative estimate of drug-likeness (QED) is 0.499. The first kappa shape index (κ1) is 12.2. The normalized spacial score (nSPS) is 15.9. The van der Waals surface area contributed by atoms with Crippen LogP contribution in [0.5, 0.6) is 0 Å². The molecule has 13 heavy (non-hydrogen) atoms. The largest absolute Gasteiger partial charge is 0.369 e. The van der Waals surface area contributed by atoms with Gasteiger partial charge >= 0.3 is 0 Å². The van der Waals surface area contributed by atoms with E-state index >= 15 is 0 Å². The van der Waals surface area contributed by atoms with Crippen LogP contribution in [0.4, 0.5) is 0 Å². The molecule has 76 valence electrons. The van der Waals surface area contributed by atoms with Crippen molar-refractivity contribution in [1.29, 1.82) is 0 Å². The van der Waals surface area contributed by atoms with Crippen LogP contribution in [0.1, 0.15) is 40.0 Å². The second-order valence-electron chi connectivity index (χ2n) is 3.62. The summed E-state index contributed by atoms with van der Waals surface area (Å²) in [4.78, 5) is 10.8. The number of nitrogens with two attached hydrogens (primary N) is 1. The van der Waals surface area contributed by atoms with Gasteiger partial charge in [-0.05, 0) is 12.3 Å². The smallest absolute Gasteiger partial charge is 0.220 e. The highest BCUT2D eigenvalue weighted by atomic mass is 16.1. The van der Waals surface area contributed by atoms with Gasteiger partial charge in [-0.1, -0.05) is 45.8 Å². The fraction of sp³-hybridized carbons (Fsp3) is 0.727. The van der Waals surface area contributed by atoms with Gasteiger partial charge in [-0.3, -0.25) is 4.79 Å². The van der Waals surface area contributed by atoms with Crippen LogP contribution >= 0.6 is 0 Å². The van der Waals surface area contributed by atoms with E-state index in [9.17, 15) is 4.79 Å². The highest BCUT2D eigenvalue weighted by molar-refractivity contribution is 5.76. The monoisotopic (exact) mass is 183 g/mol. The topological polar surface area (TPSA) is 43.1 Å². The minimum atomic E-state index is -0.215. The van der Waals surface area contributed by atoms with E-state index in [1.54, 1.807) is 0 Å². The summed E-state index contributed by atoms with van der Waals surface area (Å²) in [7, 11) is 0. The van der Waals surface area contributed by atoms with E-state index in [1.807, 2.05) is 13.8 Å². The number of primary amides is 1. The van der Waals surface area contributed by atoms with E-state index < -0.39 is 0 Å². The molecule has 2 unspecified atom stereocenters. The number of carbonyl (C=O) groups is 1. The Bertz CT molecular complexity index is 175. The second kappa shape index (κ2) is 6.70. The Labute approximate surface area is 81.2 Å². The maximum atomic E-state index is 10.8. The third-order valence-corrected chi connectivity index (χ3v) is 2.40. The minimum absolute atomic E-state index is 0.0575. The zero-order valence-electron chi connectivity index (χ0n) is 8.92. The van der Waals surface area contributed by atoms with Crippen molar-refractivity contribution in [3.8, 4) is 0 Å². The molecular formula is C11H21NO. The third kappa shape index (κ3) is 5.45. The molecule has 2 nitrogen and oxygen atoms in total. The molecule has 2 atom stereocenters. The van der Waals surface area contributed by atoms with Gasteiger partial charge in [-0.2, -0.15) is 0 Å². The lowest BCUT2D eigenvalue weighted by molar-refractivity contribution is -0.122. The predicted octanol–water partition coefficient (Wildman–Crippen LogP) is 2.49. The number of allylic oxidation sites excluding steroid dienone is 2. The molecule has 0 saturated carbocycles. The van der Waals surface area contributed by atoms with Crippen molar-refractivity contribution < 1.29 is 4.79 Å². The molecule has 2 heteroatoms. The molecule has 0 aromatic carbocycles. The van der Waals surface area contributed by atoms with Gasteiger partial charge in [0.1, 0.15) is 0 Å². The lowest BCUT2D eigenvalue weighted by Crippen LogP contribution is -2.25. The zero-order valence-corrected chi connectivity index (χ0v) is 8.92. The van der Waals surface area contributed by atoms with Gasteiger partial charge < -0.3 is 5.73 Å². The summed E-state index contributed by atoms with van der Waals surface area (Å²) >= 11 is 0. The molecule has 0 bridgehead atoms. The molecule has 0 aliphatic rings. The van der Waals surface area contributed by atoms with Crippen LogP contribution in [0.15, 0.2) is 12.2 Å². The highest BCUT2D eigenvalue weighted by Crippen LogP contribution is 2.12. The van der Waals surface area contributed by atoms with E-state index in [0.29, 0.717) is 0 Å². The Morgan fingerprint density at radius 3 is 2.54 bits per heavy atom. The van der Waals surface area contributed by atoms with E-state index in [1.165, 1.54) is 12.8 Å². The maximum absolute atomic E-state index is 10.8. The molecule has 0 heterocycles. The first-order valence-electron chi connectivity index (χ1n) is 5.05. The summed E-state index contributed by atoms with van der Waals surface area (Å²) in [6, 6.07) is 0. The van der Waals surface area contributed by atoms with Gasteiger partial charge in [-0.15, -0.1) is 0 Å². The molecule has 0 aromatic rings. The van der Waals surface area contributed by atoms with Gasteiger partial charge in [0.05, 0.1) is 0 Å². The second-order valence-corrected chi connectivity index (χ2v) is 3.62. The average molecular weight is 183 g/mol. The molecule has 0 spiro atoms. The number of amides is 1. The Kier molecular flexibility index (Phi) is 6.29. The molecule has 0 aromatic heterocycles. The predicted molar refractivity (Wildman–Crippen MR) is 56.2 cm³/mol. The van der Waals surface area contributed by atoms with Crippen LogP contribution < -0.4 is 5.73 Å². The lowest BCUT2D eigenvalue weighted by atomic mass is 9.95. The lowest BCUT2D eigenvalue weighted by Gasteiger charge is -2.11.